The molecule has 0 saturated carbocycles. The molecule has 1 aromatic carbocycles. The Labute approximate surface area is 147 Å². The second-order valence-electron chi connectivity index (χ2n) is 5.39. The maximum absolute atomic E-state index is 12.6. The Balaban J connectivity index is 1.88. The third-order valence-corrected chi connectivity index (χ3v) is 4.91. The Morgan fingerprint density at radius 1 is 1.32 bits per heavy atom. The zero-order chi connectivity index (χ0) is 18.0. The van der Waals surface area contributed by atoms with E-state index in [4.69, 9.17) is 9.47 Å². The molecular formula is C17H17N3O4S. The van der Waals surface area contributed by atoms with Crippen LogP contribution in [0.5, 0.6) is 5.75 Å². The highest BCUT2D eigenvalue weighted by Crippen LogP contribution is 2.22. The van der Waals surface area contributed by atoms with Gasteiger partial charge in [0.05, 0.1) is 36.5 Å². The van der Waals surface area contributed by atoms with E-state index in [1.807, 2.05) is 6.92 Å². The Kier molecular flexibility index (Phi) is 4.91. The number of H-pyrrole nitrogens is 1. The van der Waals surface area contributed by atoms with Crippen molar-refractivity contribution in [3.63, 3.8) is 0 Å². The van der Waals surface area contributed by atoms with Crippen LogP contribution in [0.1, 0.15) is 21.6 Å². The molecule has 0 amide bonds. The minimum Gasteiger partial charge on any atom is -0.609 e. The second-order valence-corrected chi connectivity index (χ2v) is 6.76. The van der Waals surface area contributed by atoms with Gasteiger partial charge in [0.25, 0.3) is 0 Å². The molecule has 1 N–H and O–H groups in total. The van der Waals surface area contributed by atoms with Gasteiger partial charge in [0.2, 0.25) is 0 Å². The van der Waals surface area contributed by atoms with Crippen LogP contribution >= 0.6 is 0 Å². The molecule has 0 bridgehead atoms. The van der Waals surface area contributed by atoms with E-state index in [0.717, 1.165) is 5.56 Å². The van der Waals surface area contributed by atoms with Crippen LogP contribution in [-0.2, 0) is 21.7 Å². The molecule has 0 radical (unpaired) electrons. The predicted molar refractivity (Wildman–Crippen MR) is 93.1 cm³/mol. The summed E-state index contributed by atoms with van der Waals surface area (Å²) in [6.07, 6.45) is 1.61. The molecule has 2 aromatic heterocycles. The fourth-order valence-electron chi connectivity index (χ4n) is 2.44. The summed E-state index contributed by atoms with van der Waals surface area (Å²) in [4.78, 5) is 23.4. The number of carbonyl (C=O) groups is 1. The molecule has 0 aliphatic carbocycles. The number of nitrogens with one attached hydrogen (secondary N) is 1. The van der Waals surface area contributed by atoms with Crippen LogP contribution in [0.3, 0.4) is 0 Å². The number of fused-ring (bicyclic) bond motifs is 1. The van der Waals surface area contributed by atoms with Crippen LogP contribution in [0.25, 0.3) is 11.0 Å². The lowest BCUT2D eigenvalue weighted by Crippen LogP contribution is -2.08. The average Bonchev–Trinajstić information content (AvgIpc) is 3.03. The maximum atomic E-state index is 12.6. The van der Waals surface area contributed by atoms with Gasteiger partial charge < -0.3 is 14.0 Å². The number of methoxy groups -OCH3 is 2. The fourth-order valence-corrected chi connectivity index (χ4v) is 3.43. The molecule has 1 unspecified atom stereocenters. The van der Waals surface area contributed by atoms with Crippen LogP contribution in [-0.4, -0.2) is 39.7 Å². The summed E-state index contributed by atoms with van der Waals surface area (Å²) < 4.78 is 22.5. The number of hydrogen-bond donors (Lipinski definition) is 1. The number of benzene rings is 1. The van der Waals surface area contributed by atoms with E-state index in [9.17, 15) is 9.35 Å². The number of aromatic amines is 1. The predicted octanol–water partition coefficient (Wildman–Crippen LogP) is 2.37. The molecule has 25 heavy (non-hydrogen) atoms. The van der Waals surface area contributed by atoms with E-state index < -0.39 is 17.1 Å². The van der Waals surface area contributed by atoms with Crippen molar-refractivity contribution in [1.82, 2.24) is 15.0 Å². The molecule has 130 valence electrons. The van der Waals surface area contributed by atoms with Gasteiger partial charge in [0.1, 0.15) is 5.75 Å². The van der Waals surface area contributed by atoms with Crippen molar-refractivity contribution in [1.29, 1.82) is 0 Å². The maximum Gasteiger partial charge on any atom is 0.338 e. The summed E-state index contributed by atoms with van der Waals surface area (Å²) in [6.45, 7) is 1.81. The molecule has 3 aromatic rings. The van der Waals surface area contributed by atoms with Crippen molar-refractivity contribution in [2.24, 2.45) is 0 Å². The third kappa shape index (κ3) is 3.59. The highest BCUT2D eigenvalue weighted by atomic mass is 32.2. The smallest absolute Gasteiger partial charge is 0.338 e. The first-order valence-corrected chi connectivity index (χ1v) is 8.79. The number of nitrogens with zero attached hydrogens (tertiary/aromatic N) is 2. The van der Waals surface area contributed by atoms with Gasteiger partial charge in [-0.05, 0) is 30.7 Å². The highest BCUT2D eigenvalue weighted by Gasteiger charge is 2.20. The van der Waals surface area contributed by atoms with Crippen molar-refractivity contribution >= 4 is 28.2 Å². The largest absolute Gasteiger partial charge is 0.609 e. The van der Waals surface area contributed by atoms with E-state index in [0.29, 0.717) is 33.2 Å². The summed E-state index contributed by atoms with van der Waals surface area (Å²) in [5.74, 6) is 0.440. The van der Waals surface area contributed by atoms with Crippen molar-refractivity contribution in [3.8, 4) is 5.75 Å². The molecule has 0 saturated heterocycles. The third-order valence-electron chi connectivity index (χ3n) is 3.73. The lowest BCUT2D eigenvalue weighted by atomic mass is 10.1. The molecule has 0 aliphatic heterocycles. The molecular weight excluding hydrogens is 342 g/mol. The number of esters is 1. The first kappa shape index (κ1) is 17.2. The number of pyridine rings is 1. The van der Waals surface area contributed by atoms with Crippen LogP contribution < -0.4 is 4.74 Å². The van der Waals surface area contributed by atoms with Gasteiger partial charge in [-0.15, -0.1) is 0 Å². The number of aryl methyl sites for hydroxylation is 1. The first-order valence-electron chi connectivity index (χ1n) is 7.47. The zero-order valence-electron chi connectivity index (χ0n) is 14.0. The van der Waals surface area contributed by atoms with Crippen LogP contribution in [0.15, 0.2) is 35.6 Å². The van der Waals surface area contributed by atoms with Crippen molar-refractivity contribution in [3.05, 3.63) is 47.3 Å². The lowest BCUT2D eigenvalue weighted by molar-refractivity contribution is 0.0600. The van der Waals surface area contributed by atoms with Crippen LogP contribution in [0.4, 0.5) is 0 Å². The van der Waals surface area contributed by atoms with Gasteiger partial charge in [0.15, 0.2) is 5.75 Å². The Bertz CT molecular complexity index is 925. The first-order chi connectivity index (χ1) is 12.0. The quantitative estimate of drug-likeness (QED) is 0.554. The van der Waals surface area contributed by atoms with Gasteiger partial charge >= 0.3 is 11.1 Å². The molecule has 8 heteroatoms. The second kappa shape index (κ2) is 7.12. The van der Waals surface area contributed by atoms with Gasteiger partial charge in [-0.1, -0.05) is 0 Å². The molecule has 0 spiro atoms. The van der Waals surface area contributed by atoms with E-state index in [1.165, 1.54) is 7.11 Å². The van der Waals surface area contributed by atoms with E-state index in [1.54, 1.807) is 37.6 Å². The summed E-state index contributed by atoms with van der Waals surface area (Å²) in [7, 11) is 2.90. The van der Waals surface area contributed by atoms with Gasteiger partial charge in [0, 0.05) is 23.4 Å². The highest BCUT2D eigenvalue weighted by molar-refractivity contribution is 7.90. The molecule has 1 atom stereocenters. The molecule has 2 heterocycles. The van der Waals surface area contributed by atoms with Crippen LogP contribution in [0, 0.1) is 6.92 Å². The summed E-state index contributed by atoms with van der Waals surface area (Å²) in [5.41, 5.74) is 3.12. The molecule has 7 nitrogen and oxygen atoms in total. The molecule has 0 fully saturated rings. The van der Waals surface area contributed by atoms with Gasteiger partial charge in [-0.25, -0.2) is 4.79 Å². The van der Waals surface area contributed by atoms with Crippen LogP contribution in [0.2, 0.25) is 0 Å². The standard InChI is InChI=1S/C17H17N3O4S/c1-10-6-14-15(8-13(10)16(21)24-3)20-17(19-14)25(22)9-11-7-12(23-2)4-5-18-11/h4-8H,9H2,1-3H3,(H,19,20). The number of imidazole rings is 1. The normalized spacial score (nSPS) is 12.2. The minimum atomic E-state index is -1.40. The Morgan fingerprint density at radius 3 is 2.84 bits per heavy atom. The minimum absolute atomic E-state index is 0.208. The van der Waals surface area contributed by atoms with Crippen molar-refractivity contribution in [2.45, 2.75) is 17.8 Å². The molecule has 3 rings (SSSR count). The summed E-state index contributed by atoms with van der Waals surface area (Å²) in [5, 5.41) is 0.334. The Hall–Kier alpha value is -2.58. The number of aromatic nitrogens is 3. The van der Waals surface area contributed by atoms with Crippen molar-refractivity contribution < 1.29 is 18.8 Å². The van der Waals surface area contributed by atoms with E-state index in [2.05, 4.69) is 15.0 Å². The van der Waals surface area contributed by atoms with Gasteiger partial charge in [-0.3, -0.25) is 9.97 Å². The zero-order valence-corrected chi connectivity index (χ0v) is 14.8. The summed E-state index contributed by atoms with van der Waals surface area (Å²) in [6, 6.07) is 6.89. The monoisotopic (exact) mass is 359 g/mol. The van der Waals surface area contributed by atoms with Gasteiger partial charge in [-0.2, -0.15) is 4.98 Å². The molecule has 0 aliphatic rings. The number of rotatable bonds is 5. The van der Waals surface area contributed by atoms with E-state index in [-0.39, 0.29) is 5.75 Å². The number of carbonyl (C=O) groups excluding carboxylic acids is 1. The summed E-state index contributed by atoms with van der Waals surface area (Å²) >= 11 is -1.40. The average molecular weight is 359 g/mol. The fraction of sp³-hybridized carbons (Fsp3) is 0.235. The number of ether oxygens (including phenoxy) is 2. The number of hydrogen-bond acceptors (Lipinski definition) is 6. The SMILES string of the molecule is COC(=O)c1cc2nc([S+]([O-])Cc3cc(OC)ccn3)[nH]c2cc1C. The lowest BCUT2D eigenvalue weighted by Gasteiger charge is -2.07. The Morgan fingerprint density at radius 2 is 2.12 bits per heavy atom. The van der Waals surface area contributed by atoms with Crippen molar-refractivity contribution in [2.75, 3.05) is 14.2 Å². The van der Waals surface area contributed by atoms with E-state index >= 15 is 0 Å². The topological polar surface area (TPSA) is 100 Å².